The maximum Gasteiger partial charge on any atom is 0.172 e. The second-order valence-electron chi connectivity index (χ2n) is 6.55. The van der Waals surface area contributed by atoms with Gasteiger partial charge in [0.25, 0.3) is 0 Å². The molecule has 150 valence electrons. The summed E-state index contributed by atoms with van der Waals surface area (Å²) in [6.45, 7) is 4.60. The van der Waals surface area contributed by atoms with Crippen LogP contribution >= 0.6 is 50.1 Å². The molecule has 28 heavy (non-hydrogen) atoms. The largest absolute Gasteiger partial charge is 0.381 e. The van der Waals surface area contributed by atoms with Gasteiger partial charge in [0.05, 0.1) is 16.4 Å². The fourth-order valence-corrected chi connectivity index (χ4v) is 3.85. The van der Waals surface area contributed by atoms with E-state index in [1.165, 1.54) is 6.42 Å². The first kappa shape index (κ1) is 21.8. The van der Waals surface area contributed by atoms with Crippen LogP contribution in [0.4, 0.5) is 5.82 Å². The fourth-order valence-electron chi connectivity index (χ4n) is 2.83. The van der Waals surface area contributed by atoms with Crippen molar-refractivity contribution in [1.82, 2.24) is 14.6 Å². The molecule has 5 nitrogen and oxygen atoms in total. The van der Waals surface area contributed by atoms with Crippen molar-refractivity contribution < 1.29 is 4.74 Å². The van der Waals surface area contributed by atoms with Gasteiger partial charge in [-0.05, 0) is 41.3 Å². The third kappa shape index (κ3) is 5.81. The average molecular weight is 578 g/mol. The molecule has 3 rings (SSSR count). The van der Waals surface area contributed by atoms with Gasteiger partial charge in [-0.2, -0.15) is 9.61 Å². The summed E-state index contributed by atoms with van der Waals surface area (Å²) in [5.41, 5.74) is 2.46. The van der Waals surface area contributed by atoms with Gasteiger partial charge in [0.15, 0.2) is 5.65 Å². The van der Waals surface area contributed by atoms with Crippen LogP contribution in [0, 0.1) is 0 Å². The minimum atomic E-state index is 0.676. The van der Waals surface area contributed by atoms with Gasteiger partial charge in [-0.15, -0.1) is 0 Å². The predicted molar refractivity (Wildman–Crippen MR) is 128 cm³/mol. The average Bonchev–Trinajstić information content (AvgIpc) is 3.05. The minimum Gasteiger partial charge on any atom is -0.381 e. The van der Waals surface area contributed by atoms with E-state index >= 15 is 0 Å². The van der Waals surface area contributed by atoms with Crippen molar-refractivity contribution in [2.24, 2.45) is 0 Å². The number of aromatic nitrogens is 3. The van der Waals surface area contributed by atoms with Crippen molar-refractivity contribution in [2.45, 2.75) is 30.1 Å². The molecule has 0 bridgehead atoms. The van der Waals surface area contributed by atoms with E-state index < -0.39 is 0 Å². The first-order valence-corrected chi connectivity index (χ1v) is 11.7. The first-order valence-electron chi connectivity index (χ1n) is 9.31. The lowest BCUT2D eigenvalue weighted by molar-refractivity contribution is 0.130. The van der Waals surface area contributed by atoms with Gasteiger partial charge in [0, 0.05) is 40.3 Å². The molecule has 0 saturated heterocycles. The topological polar surface area (TPSA) is 51.5 Å². The van der Waals surface area contributed by atoms with Crippen LogP contribution in [0.2, 0.25) is 5.02 Å². The second kappa shape index (κ2) is 10.8. The van der Waals surface area contributed by atoms with Crippen molar-refractivity contribution in [2.75, 3.05) is 25.1 Å². The summed E-state index contributed by atoms with van der Waals surface area (Å²) >= 11 is 12.3. The zero-order valence-corrected chi connectivity index (χ0v) is 20.2. The van der Waals surface area contributed by atoms with Crippen molar-refractivity contribution in [3.8, 4) is 11.3 Å². The number of alkyl halides is 1. The number of hydrogen-bond acceptors (Lipinski definition) is 4. The van der Waals surface area contributed by atoms with Crippen LogP contribution in [0.5, 0.6) is 0 Å². The summed E-state index contributed by atoms with van der Waals surface area (Å²) in [5, 5.41) is 8.54. The van der Waals surface area contributed by atoms with Gasteiger partial charge in [-0.25, -0.2) is 4.98 Å². The summed E-state index contributed by atoms with van der Waals surface area (Å²) in [6.07, 6.45) is 4.99. The van der Waals surface area contributed by atoms with E-state index in [1.54, 1.807) is 10.7 Å². The third-order valence-corrected chi connectivity index (χ3v) is 5.75. The fraction of sp³-hybridized carbons (Fsp3) is 0.400. The third-order valence-electron chi connectivity index (χ3n) is 4.24. The highest BCUT2D eigenvalue weighted by atomic mass is 127. The zero-order chi connectivity index (χ0) is 19.9. The lowest BCUT2D eigenvalue weighted by Crippen LogP contribution is -2.10. The van der Waals surface area contributed by atoms with Crippen molar-refractivity contribution in [1.29, 1.82) is 0 Å². The second-order valence-corrected chi connectivity index (χ2v) is 9.94. The van der Waals surface area contributed by atoms with E-state index in [0.717, 1.165) is 59.8 Å². The number of nitrogens with zero attached hydrogens (tertiary/aromatic N) is 3. The van der Waals surface area contributed by atoms with Crippen LogP contribution in [0.1, 0.15) is 26.2 Å². The van der Waals surface area contributed by atoms with E-state index in [2.05, 4.69) is 55.9 Å². The van der Waals surface area contributed by atoms with Crippen LogP contribution in [0.15, 0.2) is 41.0 Å². The number of fused-ring (bicyclic) bond motifs is 1. The van der Waals surface area contributed by atoms with E-state index in [9.17, 15) is 0 Å². The molecule has 8 heteroatoms. The van der Waals surface area contributed by atoms with Crippen molar-refractivity contribution in [3.05, 3.63) is 46.0 Å². The minimum absolute atomic E-state index is 0.676. The van der Waals surface area contributed by atoms with Gasteiger partial charge in [0.1, 0.15) is 5.82 Å². The standard InChI is InChI=1S/C20H23BrClIN4O/c1-14(23)6-4-10-28-11-5-9-24-19-12-18(15-7-2-3-8-17(15)22)26-20-16(21)13-25-27(19)20/h2-3,7-8,12-14,24H,4-6,9-11H2,1H3. The Labute approximate surface area is 192 Å². The highest BCUT2D eigenvalue weighted by Crippen LogP contribution is 2.30. The molecule has 0 spiro atoms. The maximum atomic E-state index is 6.37. The lowest BCUT2D eigenvalue weighted by atomic mass is 10.1. The molecule has 0 amide bonds. The molecule has 0 fully saturated rings. The molecule has 2 aromatic heterocycles. The van der Waals surface area contributed by atoms with Gasteiger partial charge in [-0.3, -0.25) is 0 Å². The molecule has 1 atom stereocenters. The number of hydrogen-bond donors (Lipinski definition) is 1. The van der Waals surface area contributed by atoms with Crippen molar-refractivity contribution >= 4 is 61.6 Å². The number of ether oxygens (including phenoxy) is 1. The Bertz CT molecular complexity index is 918. The normalized spacial score (nSPS) is 12.4. The van der Waals surface area contributed by atoms with Crippen LogP contribution in [0.25, 0.3) is 16.9 Å². The SMILES string of the molecule is CC(I)CCCOCCCNc1cc(-c2ccccc2Cl)nc2c(Br)cnn12. The number of nitrogens with one attached hydrogen (secondary N) is 1. The summed E-state index contributed by atoms with van der Waals surface area (Å²) in [7, 11) is 0. The molecule has 0 aliphatic rings. The van der Waals surface area contributed by atoms with Gasteiger partial charge in [-0.1, -0.05) is 59.3 Å². The molecule has 0 radical (unpaired) electrons. The van der Waals surface area contributed by atoms with Crippen molar-refractivity contribution in [3.63, 3.8) is 0 Å². The first-order chi connectivity index (χ1) is 13.6. The number of anilines is 1. The van der Waals surface area contributed by atoms with E-state index in [1.807, 2.05) is 30.3 Å². The summed E-state index contributed by atoms with van der Waals surface area (Å²) in [4.78, 5) is 4.72. The van der Waals surface area contributed by atoms with Crippen LogP contribution in [-0.4, -0.2) is 38.3 Å². The molecule has 2 heterocycles. The smallest absolute Gasteiger partial charge is 0.172 e. The molecule has 1 aromatic carbocycles. The van der Waals surface area contributed by atoms with Gasteiger partial charge >= 0.3 is 0 Å². The highest BCUT2D eigenvalue weighted by Gasteiger charge is 2.13. The maximum absolute atomic E-state index is 6.37. The quantitative estimate of drug-likeness (QED) is 0.176. The monoisotopic (exact) mass is 576 g/mol. The van der Waals surface area contributed by atoms with E-state index in [-0.39, 0.29) is 0 Å². The molecule has 0 saturated carbocycles. The van der Waals surface area contributed by atoms with E-state index in [0.29, 0.717) is 8.95 Å². The van der Waals surface area contributed by atoms with Crippen LogP contribution in [-0.2, 0) is 4.74 Å². The van der Waals surface area contributed by atoms with Crippen LogP contribution < -0.4 is 5.32 Å². The molecule has 0 aliphatic heterocycles. The molecule has 1 N–H and O–H groups in total. The molecular weight excluding hydrogens is 555 g/mol. The molecular formula is C20H23BrClIN4O. The summed E-state index contributed by atoms with van der Waals surface area (Å²) in [6, 6.07) is 9.70. The van der Waals surface area contributed by atoms with Gasteiger partial charge in [0.2, 0.25) is 0 Å². The Morgan fingerprint density at radius 2 is 2.07 bits per heavy atom. The van der Waals surface area contributed by atoms with E-state index in [4.69, 9.17) is 21.3 Å². The molecule has 3 aromatic rings. The highest BCUT2D eigenvalue weighted by molar-refractivity contribution is 14.1. The molecule has 0 aliphatic carbocycles. The molecule has 1 unspecified atom stereocenters. The van der Waals surface area contributed by atoms with Crippen LogP contribution in [0.3, 0.4) is 0 Å². The number of benzene rings is 1. The predicted octanol–water partition coefficient (Wildman–Crippen LogP) is 6.23. The Kier molecular flexibility index (Phi) is 8.37. The zero-order valence-electron chi connectivity index (χ0n) is 15.7. The Hall–Kier alpha value is -0.900. The number of halogens is 3. The Morgan fingerprint density at radius 1 is 1.29 bits per heavy atom. The Morgan fingerprint density at radius 3 is 2.86 bits per heavy atom. The summed E-state index contributed by atoms with van der Waals surface area (Å²) < 4.78 is 9.07. The van der Waals surface area contributed by atoms with Gasteiger partial charge < -0.3 is 10.1 Å². The Balaban J connectivity index is 1.65. The summed E-state index contributed by atoms with van der Waals surface area (Å²) in [5.74, 6) is 0.879. The lowest BCUT2D eigenvalue weighted by Gasteiger charge is -2.12. The number of rotatable bonds is 10.